The third kappa shape index (κ3) is 26.9. The van der Waals surface area contributed by atoms with Gasteiger partial charge in [0.05, 0.1) is 0 Å². The first-order chi connectivity index (χ1) is 16.7. The summed E-state index contributed by atoms with van der Waals surface area (Å²) < 4.78 is 0. The highest BCUT2D eigenvalue weighted by Crippen LogP contribution is 2.12. The Morgan fingerprint density at radius 3 is 0.912 bits per heavy atom. The van der Waals surface area contributed by atoms with Crippen LogP contribution in [0.3, 0.4) is 0 Å². The fraction of sp³-hybridized carbons (Fsp3) is 0.867. The van der Waals surface area contributed by atoms with Gasteiger partial charge in [-0.1, -0.05) is 142 Å². The first kappa shape index (κ1) is 32.7. The molecule has 0 aromatic rings. The molecule has 4 heteroatoms. The van der Waals surface area contributed by atoms with Gasteiger partial charge in [-0.05, 0) is 12.8 Å². The third-order valence-electron chi connectivity index (χ3n) is 6.55. The van der Waals surface area contributed by atoms with Crippen molar-refractivity contribution in [1.82, 2.24) is 10.6 Å². The van der Waals surface area contributed by atoms with Crippen molar-refractivity contribution in [2.75, 3.05) is 13.1 Å². The van der Waals surface area contributed by atoms with Crippen molar-refractivity contribution in [2.45, 2.75) is 155 Å². The second kappa shape index (κ2) is 27.9. The molecule has 0 saturated carbocycles. The Morgan fingerprint density at radius 1 is 0.412 bits per heavy atom. The Hall–Kier alpha value is -1.32. The predicted molar refractivity (Wildman–Crippen MR) is 148 cm³/mol. The van der Waals surface area contributed by atoms with Gasteiger partial charge in [0.1, 0.15) is 0 Å². The van der Waals surface area contributed by atoms with E-state index in [0.29, 0.717) is 13.1 Å². The molecule has 2 N–H and O–H groups in total. The normalized spacial score (nSPS) is 11.2. The standard InChI is InChI=1S/C30H58N2O2/c1-3-5-7-9-11-13-15-17-19-21-23-27-31-29(33)25-26-30(34)32-28-24-22-20-18-16-14-12-10-8-6-4-2/h25-26H,3-24,27-28H2,1-2H3,(H,31,33)(H,32,34)/b26-25-. The van der Waals surface area contributed by atoms with Crippen molar-refractivity contribution in [3.8, 4) is 0 Å². The summed E-state index contributed by atoms with van der Waals surface area (Å²) in [6, 6.07) is 0. The zero-order valence-electron chi connectivity index (χ0n) is 22.9. The minimum Gasteiger partial charge on any atom is -0.353 e. The van der Waals surface area contributed by atoms with Crippen LogP contribution in [-0.2, 0) is 9.59 Å². The van der Waals surface area contributed by atoms with Crippen molar-refractivity contribution < 1.29 is 9.59 Å². The van der Waals surface area contributed by atoms with Crippen LogP contribution in [0.2, 0.25) is 0 Å². The molecule has 34 heavy (non-hydrogen) atoms. The van der Waals surface area contributed by atoms with Crippen LogP contribution in [0.5, 0.6) is 0 Å². The molecule has 0 aliphatic carbocycles. The van der Waals surface area contributed by atoms with Crippen molar-refractivity contribution in [1.29, 1.82) is 0 Å². The van der Waals surface area contributed by atoms with Crippen LogP contribution in [0, 0.1) is 0 Å². The van der Waals surface area contributed by atoms with Crippen LogP contribution in [0.15, 0.2) is 12.2 Å². The zero-order chi connectivity index (χ0) is 25.0. The van der Waals surface area contributed by atoms with E-state index in [1.54, 1.807) is 0 Å². The summed E-state index contributed by atoms with van der Waals surface area (Å²) in [7, 11) is 0. The fourth-order valence-electron chi connectivity index (χ4n) is 4.27. The van der Waals surface area contributed by atoms with E-state index in [0.717, 1.165) is 12.8 Å². The van der Waals surface area contributed by atoms with Crippen molar-refractivity contribution >= 4 is 11.8 Å². The molecular formula is C30H58N2O2. The lowest BCUT2D eigenvalue weighted by molar-refractivity contribution is -0.118. The van der Waals surface area contributed by atoms with Gasteiger partial charge in [-0.2, -0.15) is 0 Å². The molecule has 0 aliphatic rings. The average Bonchev–Trinajstić information content (AvgIpc) is 2.84. The molecule has 0 rings (SSSR count). The molecule has 200 valence electrons. The number of hydrogen-bond acceptors (Lipinski definition) is 2. The maximum atomic E-state index is 11.8. The van der Waals surface area contributed by atoms with Gasteiger partial charge >= 0.3 is 0 Å². The minimum absolute atomic E-state index is 0.170. The predicted octanol–water partition coefficient (Wildman–Crippen LogP) is 8.40. The number of hydrogen-bond donors (Lipinski definition) is 2. The van der Waals surface area contributed by atoms with Gasteiger partial charge in [0.2, 0.25) is 11.8 Å². The number of carbonyl (C=O) groups excluding carboxylic acids is 2. The van der Waals surface area contributed by atoms with E-state index in [-0.39, 0.29) is 11.8 Å². The Bertz CT molecular complexity index is 434. The van der Waals surface area contributed by atoms with Crippen LogP contribution in [0.25, 0.3) is 0 Å². The topological polar surface area (TPSA) is 58.2 Å². The summed E-state index contributed by atoms with van der Waals surface area (Å²) in [6.07, 6.45) is 31.4. The number of nitrogens with one attached hydrogen (secondary N) is 2. The maximum Gasteiger partial charge on any atom is 0.244 e. The summed E-state index contributed by atoms with van der Waals surface area (Å²) in [6.45, 7) is 5.91. The number of unbranched alkanes of at least 4 members (excludes halogenated alkanes) is 20. The lowest BCUT2D eigenvalue weighted by Gasteiger charge is -2.04. The Kier molecular flexibility index (Phi) is 26.8. The summed E-state index contributed by atoms with van der Waals surface area (Å²) >= 11 is 0. The first-order valence-electron chi connectivity index (χ1n) is 14.9. The maximum absolute atomic E-state index is 11.8. The van der Waals surface area contributed by atoms with Gasteiger partial charge in [0.15, 0.2) is 0 Å². The van der Waals surface area contributed by atoms with Crippen LogP contribution < -0.4 is 10.6 Å². The Morgan fingerprint density at radius 2 is 0.647 bits per heavy atom. The first-order valence-corrected chi connectivity index (χ1v) is 14.9. The minimum atomic E-state index is -0.170. The lowest BCUT2D eigenvalue weighted by atomic mass is 10.1. The molecule has 0 atom stereocenters. The summed E-state index contributed by atoms with van der Waals surface area (Å²) in [4.78, 5) is 23.7. The van der Waals surface area contributed by atoms with E-state index in [4.69, 9.17) is 0 Å². The average molecular weight is 479 g/mol. The molecule has 0 spiro atoms. The molecule has 0 unspecified atom stereocenters. The molecule has 0 heterocycles. The van der Waals surface area contributed by atoms with Crippen LogP contribution >= 0.6 is 0 Å². The van der Waals surface area contributed by atoms with Gasteiger partial charge in [-0.15, -0.1) is 0 Å². The lowest BCUT2D eigenvalue weighted by Crippen LogP contribution is -2.25. The molecule has 0 bridgehead atoms. The van der Waals surface area contributed by atoms with E-state index in [2.05, 4.69) is 24.5 Å². The van der Waals surface area contributed by atoms with Crippen molar-refractivity contribution in [3.63, 3.8) is 0 Å². The smallest absolute Gasteiger partial charge is 0.244 e. The molecule has 0 aliphatic heterocycles. The highest BCUT2D eigenvalue weighted by molar-refractivity contribution is 5.96. The molecule has 0 radical (unpaired) electrons. The SMILES string of the molecule is CCCCCCCCCCCCCNC(=O)/C=C\C(=O)NCCCCCCCCCCCCC. The van der Waals surface area contributed by atoms with E-state index < -0.39 is 0 Å². The largest absolute Gasteiger partial charge is 0.353 e. The third-order valence-corrected chi connectivity index (χ3v) is 6.55. The highest BCUT2D eigenvalue weighted by Gasteiger charge is 1.99. The van der Waals surface area contributed by atoms with Crippen LogP contribution in [0.1, 0.15) is 155 Å². The zero-order valence-corrected chi connectivity index (χ0v) is 22.9. The molecule has 4 nitrogen and oxygen atoms in total. The van der Waals surface area contributed by atoms with Gasteiger partial charge in [-0.25, -0.2) is 0 Å². The van der Waals surface area contributed by atoms with Crippen LogP contribution in [0.4, 0.5) is 0 Å². The highest BCUT2D eigenvalue weighted by atomic mass is 16.2. The molecule has 0 saturated heterocycles. The summed E-state index contributed by atoms with van der Waals surface area (Å²) in [5.74, 6) is -0.339. The fourth-order valence-corrected chi connectivity index (χ4v) is 4.27. The number of rotatable bonds is 26. The van der Waals surface area contributed by atoms with E-state index in [1.807, 2.05) is 0 Å². The summed E-state index contributed by atoms with van der Waals surface area (Å²) in [5.41, 5.74) is 0. The molecule has 0 fully saturated rings. The Labute approximate surface area is 212 Å². The number of carbonyl (C=O) groups is 2. The van der Waals surface area contributed by atoms with Crippen molar-refractivity contribution in [3.05, 3.63) is 12.2 Å². The van der Waals surface area contributed by atoms with Crippen molar-refractivity contribution in [2.24, 2.45) is 0 Å². The molecule has 0 aromatic heterocycles. The quantitative estimate of drug-likeness (QED) is 0.0968. The van der Waals surface area contributed by atoms with E-state index >= 15 is 0 Å². The molecular weight excluding hydrogens is 420 g/mol. The number of amides is 2. The van der Waals surface area contributed by atoms with Gasteiger partial charge in [-0.3, -0.25) is 9.59 Å². The molecule has 2 amide bonds. The van der Waals surface area contributed by atoms with Gasteiger partial charge in [0, 0.05) is 25.2 Å². The second-order valence-corrected chi connectivity index (χ2v) is 9.99. The molecule has 0 aromatic carbocycles. The monoisotopic (exact) mass is 478 g/mol. The van der Waals surface area contributed by atoms with Gasteiger partial charge in [0.25, 0.3) is 0 Å². The van der Waals surface area contributed by atoms with E-state index in [9.17, 15) is 9.59 Å². The second-order valence-electron chi connectivity index (χ2n) is 9.99. The summed E-state index contributed by atoms with van der Waals surface area (Å²) in [5, 5.41) is 5.76. The van der Waals surface area contributed by atoms with Crippen LogP contribution in [-0.4, -0.2) is 24.9 Å². The van der Waals surface area contributed by atoms with Gasteiger partial charge < -0.3 is 10.6 Å². The van der Waals surface area contributed by atoms with E-state index in [1.165, 1.54) is 141 Å². The Balaban J connectivity index is 3.38.